The molecule has 0 saturated heterocycles. The van der Waals surface area contributed by atoms with Gasteiger partial charge in [0.1, 0.15) is 5.15 Å². The van der Waals surface area contributed by atoms with Gasteiger partial charge < -0.3 is 0 Å². The molecule has 0 unspecified atom stereocenters. The van der Waals surface area contributed by atoms with Crippen molar-refractivity contribution in [2.75, 3.05) is 0 Å². The monoisotopic (exact) mass is 284 g/mol. The highest BCUT2D eigenvalue weighted by atomic mass is 35.5. The molecule has 0 aromatic carbocycles. The SMILES string of the molecule is Clc1ccn2ncc(-c3cccnc3CC3CC3)c2n1. The lowest BCUT2D eigenvalue weighted by molar-refractivity contribution is 0.806. The van der Waals surface area contributed by atoms with Gasteiger partial charge in [-0.05, 0) is 37.3 Å². The smallest absolute Gasteiger partial charge is 0.164 e. The summed E-state index contributed by atoms with van der Waals surface area (Å²) in [4.78, 5) is 8.93. The second-order valence-corrected chi connectivity index (χ2v) is 5.61. The van der Waals surface area contributed by atoms with Crippen LogP contribution >= 0.6 is 11.6 Å². The molecular formula is C15H13ClN4. The van der Waals surface area contributed by atoms with Crippen LogP contribution < -0.4 is 0 Å². The van der Waals surface area contributed by atoms with Gasteiger partial charge in [-0.2, -0.15) is 5.10 Å². The number of nitrogens with zero attached hydrogens (tertiary/aromatic N) is 4. The molecule has 1 aliphatic rings. The van der Waals surface area contributed by atoms with Crippen LogP contribution in [0, 0.1) is 5.92 Å². The molecule has 5 heteroatoms. The number of halogens is 1. The normalized spacial score (nSPS) is 14.8. The molecule has 4 nitrogen and oxygen atoms in total. The van der Waals surface area contributed by atoms with Gasteiger partial charge in [-0.3, -0.25) is 4.98 Å². The zero-order valence-electron chi connectivity index (χ0n) is 10.8. The Labute approximate surface area is 121 Å². The maximum absolute atomic E-state index is 6.00. The van der Waals surface area contributed by atoms with Gasteiger partial charge in [-0.1, -0.05) is 17.7 Å². The second-order valence-electron chi connectivity index (χ2n) is 5.22. The van der Waals surface area contributed by atoms with Gasteiger partial charge in [0.05, 0.1) is 6.20 Å². The molecule has 0 spiro atoms. The standard InChI is InChI=1S/C15H13ClN4/c16-14-5-7-20-15(19-14)12(9-18-20)11-2-1-6-17-13(11)8-10-3-4-10/h1-2,5-7,9-10H,3-4,8H2. The fourth-order valence-corrected chi connectivity index (χ4v) is 2.61. The van der Waals surface area contributed by atoms with Crippen LogP contribution in [0.25, 0.3) is 16.8 Å². The molecule has 0 atom stereocenters. The van der Waals surface area contributed by atoms with E-state index >= 15 is 0 Å². The lowest BCUT2D eigenvalue weighted by Crippen LogP contribution is -1.96. The molecule has 0 N–H and O–H groups in total. The highest BCUT2D eigenvalue weighted by molar-refractivity contribution is 6.29. The minimum atomic E-state index is 0.479. The first-order valence-electron chi connectivity index (χ1n) is 6.75. The summed E-state index contributed by atoms with van der Waals surface area (Å²) in [6.07, 6.45) is 9.18. The topological polar surface area (TPSA) is 43.1 Å². The number of rotatable bonds is 3. The van der Waals surface area contributed by atoms with Crippen LogP contribution in [-0.2, 0) is 6.42 Å². The number of hydrogen-bond donors (Lipinski definition) is 0. The van der Waals surface area contributed by atoms with Gasteiger partial charge in [0.2, 0.25) is 0 Å². The van der Waals surface area contributed by atoms with E-state index in [-0.39, 0.29) is 0 Å². The molecule has 0 radical (unpaired) electrons. The Morgan fingerprint density at radius 1 is 1.25 bits per heavy atom. The minimum Gasteiger partial charge on any atom is -0.261 e. The fourth-order valence-electron chi connectivity index (χ4n) is 2.48. The Balaban J connectivity index is 1.87. The molecule has 0 aliphatic heterocycles. The maximum atomic E-state index is 6.00. The van der Waals surface area contributed by atoms with E-state index in [9.17, 15) is 0 Å². The Morgan fingerprint density at radius 2 is 2.15 bits per heavy atom. The lowest BCUT2D eigenvalue weighted by Gasteiger charge is -2.06. The van der Waals surface area contributed by atoms with Gasteiger partial charge in [0.15, 0.2) is 5.65 Å². The third kappa shape index (κ3) is 2.06. The average molecular weight is 285 g/mol. The molecule has 100 valence electrons. The van der Waals surface area contributed by atoms with E-state index in [1.54, 1.807) is 10.6 Å². The summed E-state index contributed by atoms with van der Waals surface area (Å²) in [5.41, 5.74) is 4.02. The van der Waals surface area contributed by atoms with E-state index in [0.29, 0.717) is 5.15 Å². The molecule has 4 rings (SSSR count). The van der Waals surface area contributed by atoms with Crippen LogP contribution in [0.1, 0.15) is 18.5 Å². The molecule has 0 amide bonds. The van der Waals surface area contributed by atoms with Crippen molar-refractivity contribution >= 4 is 17.2 Å². The van der Waals surface area contributed by atoms with Gasteiger partial charge in [0, 0.05) is 29.2 Å². The summed E-state index contributed by atoms with van der Waals surface area (Å²) in [5.74, 6) is 0.794. The van der Waals surface area contributed by atoms with Crippen molar-refractivity contribution in [1.82, 2.24) is 19.6 Å². The summed E-state index contributed by atoms with van der Waals surface area (Å²) >= 11 is 6.00. The molecule has 1 aliphatic carbocycles. The van der Waals surface area contributed by atoms with Crippen LogP contribution in [0.4, 0.5) is 0 Å². The third-order valence-corrected chi connectivity index (χ3v) is 3.90. The molecule has 3 aromatic rings. The highest BCUT2D eigenvalue weighted by Crippen LogP contribution is 2.35. The van der Waals surface area contributed by atoms with Crippen molar-refractivity contribution in [2.45, 2.75) is 19.3 Å². The molecule has 0 bridgehead atoms. The van der Waals surface area contributed by atoms with Gasteiger partial charge >= 0.3 is 0 Å². The molecule has 3 aromatic heterocycles. The molecule has 1 saturated carbocycles. The lowest BCUT2D eigenvalue weighted by atomic mass is 10.0. The molecule has 1 fully saturated rings. The van der Waals surface area contributed by atoms with Crippen molar-refractivity contribution in [3.8, 4) is 11.1 Å². The average Bonchev–Trinajstić information content (AvgIpc) is 3.17. The van der Waals surface area contributed by atoms with Crippen molar-refractivity contribution in [3.63, 3.8) is 0 Å². The number of pyridine rings is 1. The van der Waals surface area contributed by atoms with Gasteiger partial charge in [-0.15, -0.1) is 0 Å². The van der Waals surface area contributed by atoms with Crippen LogP contribution in [0.5, 0.6) is 0 Å². The Hall–Kier alpha value is -1.94. The fraction of sp³-hybridized carbons (Fsp3) is 0.267. The van der Waals surface area contributed by atoms with E-state index < -0.39 is 0 Å². The van der Waals surface area contributed by atoms with Crippen LogP contribution in [0.15, 0.2) is 36.8 Å². The van der Waals surface area contributed by atoms with Crippen LogP contribution in [-0.4, -0.2) is 19.6 Å². The second kappa shape index (κ2) is 4.56. The number of fused-ring (bicyclic) bond motifs is 1. The first kappa shape index (κ1) is 11.9. The predicted octanol–water partition coefficient (Wildman–Crippen LogP) is 3.40. The van der Waals surface area contributed by atoms with E-state index in [1.807, 2.05) is 24.7 Å². The van der Waals surface area contributed by atoms with Crippen LogP contribution in [0.2, 0.25) is 5.15 Å². The third-order valence-electron chi connectivity index (χ3n) is 3.69. The quantitative estimate of drug-likeness (QED) is 0.692. The number of hydrogen-bond acceptors (Lipinski definition) is 3. The molecular weight excluding hydrogens is 272 g/mol. The first-order chi connectivity index (χ1) is 9.81. The summed E-state index contributed by atoms with van der Waals surface area (Å²) in [7, 11) is 0. The summed E-state index contributed by atoms with van der Waals surface area (Å²) < 4.78 is 1.75. The van der Waals surface area contributed by atoms with Crippen molar-refractivity contribution < 1.29 is 0 Å². The minimum absolute atomic E-state index is 0.479. The van der Waals surface area contributed by atoms with Gasteiger partial charge in [0.25, 0.3) is 0 Å². The number of aromatic nitrogens is 4. The Morgan fingerprint density at radius 3 is 3.00 bits per heavy atom. The highest BCUT2D eigenvalue weighted by Gasteiger charge is 2.24. The Bertz CT molecular complexity index is 776. The van der Waals surface area contributed by atoms with E-state index in [2.05, 4.69) is 21.1 Å². The first-order valence-corrected chi connectivity index (χ1v) is 7.13. The van der Waals surface area contributed by atoms with E-state index in [4.69, 9.17) is 11.6 Å². The predicted molar refractivity (Wildman–Crippen MR) is 77.7 cm³/mol. The zero-order valence-corrected chi connectivity index (χ0v) is 11.6. The van der Waals surface area contributed by atoms with E-state index in [0.717, 1.165) is 34.8 Å². The summed E-state index contributed by atoms with van der Waals surface area (Å²) in [6.45, 7) is 0. The maximum Gasteiger partial charge on any atom is 0.164 e. The zero-order chi connectivity index (χ0) is 13.5. The largest absolute Gasteiger partial charge is 0.261 e. The van der Waals surface area contributed by atoms with Crippen molar-refractivity contribution in [2.24, 2.45) is 5.92 Å². The van der Waals surface area contributed by atoms with Gasteiger partial charge in [-0.25, -0.2) is 9.50 Å². The Kier molecular flexibility index (Phi) is 2.70. The molecule has 3 heterocycles. The van der Waals surface area contributed by atoms with Crippen molar-refractivity contribution in [3.05, 3.63) is 47.6 Å². The van der Waals surface area contributed by atoms with Crippen LogP contribution in [0.3, 0.4) is 0 Å². The van der Waals surface area contributed by atoms with Crippen molar-refractivity contribution in [1.29, 1.82) is 0 Å². The van der Waals surface area contributed by atoms with E-state index in [1.165, 1.54) is 12.8 Å². The molecule has 20 heavy (non-hydrogen) atoms. The summed E-state index contributed by atoms with van der Waals surface area (Å²) in [6, 6.07) is 5.78. The summed E-state index contributed by atoms with van der Waals surface area (Å²) in [5, 5.41) is 4.82.